The van der Waals surface area contributed by atoms with Gasteiger partial charge in [0.05, 0.1) is 12.2 Å². The lowest BCUT2D eigenvalue weighted by atomic mass is 9.83. The highest BCUT2D eigenvalue weighted by atomic mass is 16.6. The molecule has 4 heteroatoms. The molecule has 1 aliphatic carbocycles. The smallest absolute Gasteiger partial charge is 0.198 e. The summed E-state index contributed by atoms with van der Waals surface area (Å²) >= 11 is 0. The molecular weight excluding hydrogens is 218 g/mol. The highest BCUT2D eigenvalue weighted by Gasteiger charge is 2.51. The summed E-state index contributed by atoms with van der Waals surface area (Å²) in [6.07, 6.45) is 3.76. The molecule has 3 unspecified atom stereocenters. The minimum Gasteiger partial charge on any atom is -0.494 e. The maximum atomic E-state index is 10.2. The number of hydrogen-bond donors (Lipinski definition) is 2. The molecule has 1 fully saturated rings. The van der Waals surface area contributed by atoms with E-state index in [0.717, 1.165) is 17.5 Å². The van der Waals surface area contributed by atoms with Crippen molar-refractivity contribution in [1.29, 1.82) is 0 Å². The number of rotatable bonds is 3. The number of hydrogen-bond acceptors (Lipinski definition) is 3. The SMILES string of the molecule is C=CCn1c(O)c2c(c1O)C(CC)C1OC1C2. The second-order valence-electron chi connectivity index (χ2n) is 4.80. The summed E-state index contributed by atoms with van der Waals surface area (Å²) in [6.45, 7) is 6.15. The first-order chi connectivity index (χ1) is 8.19. The Morgan fingerprint density at radius 2 is 2.24 bits per heavy atom. The lowest BCUT2D eigenvalue weighted by molar-refractivity contribution is 0.339. The van der Waals surface area contributed by atoms with Crippen molar-refractivity contribution in [3.8, 4) is 11.8 Å². The molecule has 1 aliphatic heterocycles. The first kappa shape index (κ1) is 10.7. The van der Waals surface area contributed by atoms with E-state index in [9.17, 15) is 10.2 Å². The zero-order valence-corrected chi connectivity index (χ0v) is 9.89. The van der Waals surface area contributed by atoms with Gasteiger partial charge in [0.2, 0.25) is 0 Å². The van der Waals surface area contributed by atoms with Crippen LogP contribution in [-0.4, -0.2) is 27.0 Å². The summed E-state index contributed by atoms with van der Waals surface area (Å²) < 4.78 is 7.10. The van der Waals surface area contributed by atoms with Crippen LogP contribution in [0.4, 0.5) is 0 Å². The summed E-state index contributed by atoms with van der Waals surface area (Å²) in [5.41, 5.74) is 1.74. The average molecular weight is 235 g/mol. The van der Waals surface area contributed by atoms with Gasteiger partial charge in [-0.15, -0.1) is 6.58 Å². The Morgan fingerprint density at radius 3 is 2.88 bits per heavy atom. The molecule has 1 saturated heterocycles. The third-order valence-electron chi connectivity index (χ3n) is 3.89. The molecule has 2 heterocycles. The number of allylic oxidation sites excluding steroid dienone is 1. The molecule has 4 nitrogen and oxygen atoms in total. The van der Waals surface area contributed by atoms with Crippen molar-refractivity contribution in [3.05, 3.63) is 23.8 Å². The van der Waals surface area contributed by atoms with Gasteiger partial charge in [0, 0.05) is 30.0 Å². The van der Waals surface area contributed by atoms with Crippen molar-refractivity contribution in [2.75, 3.05) is 0 Å². The molecule has 92 valence electrons. The van der Waals surface area contributed by atoms with E-state index in [1.54, 1.807) is 6.08 Å². The molecular formula is C13H17NO3. The summed E-state index contributed by atoms with van der Waals surface area (Å²) in [4.78, 5) is 0. The van der Waals surface area contributed by atoms with E-state index in [4.69, 9.17) is 4.74 Å². The normalized spacial score (nSPS) is 29.6. The average Bonchev–Trinajstić information content (AvgIpc) is 3.06. The lowest BCUT2D eigenvalue weighted by Gasteiger charge is -2.17. The van der Waals surface area contributed by atoms with Gasteiger partial charge in [-0.25, -0.2) is 0 Å². The lowest BCUT2D eigenvalue weighted by Crippen LogP contribution is -2.16. The fraction of sp³-hybridized carbons (Fsp3) is 0.538. The Bertz CT molecular complexity index is 477. The molecule has 0 aromatic carbocycles. The van der Waals surface area contributed by atoms with Crippen molar-refractivity contribution < 1.29 is 14.9 Å². The van der Waals surface area contributed by atoms with Crippen LogP contribution in [-0.2, 0) is 17.7 Å². The minimum atomic E-state index is 0.171. The highest BCUT2D eigenvalue weighted by Crippen LogP contribution is 2.52. The number of fused-ring (bicyclic) bond motifs is 2. The van der Waals surface area contributed by atoms with E-state index in [-0.39, 0.29) is 29.9 Å². The van der Waals surface area contributed by atoms with E-state index in [0.29, 0.717) is 13.0 Å². The third kappa shape index (κ3) is 1.33. The minimum absolute atomic E-state index is 0.171. The number of aromatic nitrogens is 1. The molecule has 0 radical (unpaired) electrons. The number of aromatic hydroxyl groups is 2. The van der Waals surface area contributed by atoms with E-state index in [2.05, 4.69) is 13.5 Å². The standard InChI is InChI=1S/C13H17NO3/c1-3-5-14-12(15)8-6-9-11(17-9)7(4-2)10(8)13(14)16/h3,7,9,11,15-16H,1,4-6H2,2H3. The molecule has 17 heavy (non-hydrogen) atoms. The third-order valence-corrected chi connectivity index (χ3v) is 3.89. The largest absolute Gasteiger partial charge is 0.494 e. The molecule has 0 amide bonds. The van der Waals surface area contributed by atoms with E-state index < -0.39 is 0 Å². The van der Waals surface area contributed by atoms with Crippen molar-refractivity contribution >= 4 is 0 Å². The summed E-state index contributed by atoms with van der Waals surface area (Å²) in [7, 11) is 0. The van der Waals surface area contributed by atoms with Crippen LogP contribution in [0.3, 0.4) is 0 Å². The first-order valence-electron chi connectivity index (χ1n) is 6.08. The van der Waals surface area contributed by atoms with Gasteiger partial charge in [0.1, 0.15) is 0 Å². The summed E-state index contributed by atoms with van der Waals surface area (Å²) in [5, 5.41) is 20.4. The monoisotopic (exact) mass is 235 g/mol. The maximum absolute atomic E-state index is 10.2. The Balaban J connectivity index is 2.12. The van der Waals surface area contributed by atoms with E-state index in [1.807, 2.05) is 0 Å². The Hall–Kier alpha value is -1.42. The van der Waals surface area contributed by atoms with Crippen LogP contribution in [0.2, 0.25) is 0 Å². The summed E-state index contributed by atoms with van der Waals surface area (Å²) in [6, 6.07) is 0. The molecule has 3 rings (SSSR count). The topological polar surface area (TPSA) is 57.9 Å². The fourth-order valence-electron chi connectivity index (χ4n) is 3.03. The number of epoxide rings is 1. The molecule has 2 N–H and O–H groups in total. The Morgan fingerprint density at radius 1 is 1.47 bits per heavy atom. The number of nitrogens with zero attached hydrogens (tertiary/aromatic N) is 1. The molecule has 0 saturated carbocycles. The van der Waals surface area contributed by atoms with Crippen LogP contribution in [0.5, 0.6) is 11.8 Å². The van der Waals surface area contributed by atoms with Crippen LogP contribution < -0.4 is 0 Å². The zero-order chi connectivity index (χ0) is 12.2. The van der Waals surface area contributed by atoms with Gasteiger partial charge in [0.15, 0.2) is 11.8 Å². The van der Waals surface area contributed by atoms with Gasteiger partial charge in [-0.2, -0.15) is 0 Å². The van der Waals surface area contributed by atoms with Gasteiger partial charge in [-0.05, 0) is 6.42 Å². The zero-order valence-electron chi connectivity index (χ0n) is 9.89. The van der Waals surface area contributed by atoms with Crippen LogP contribution in [0, 0.1) is 0 Å². The quantitative estimate of drug-likeness (QED) is 0.621. The summed E-state index contributed by atoms with van der Waals surface area (Å²) in [5.74, 6) is 0.559. The molecule has 0 spiro atoms. The van der Waals surface area contributed by atoms with Crippen LogP contribution in [0.1, 0.15) is 30.4 Å². The van der Waals surface area contributed by atoms with Gasteiger partial charge in [-0.1, -0.05) is 13.0 Å². The van der Waals surface area contributed by atoms with E-state index >= 15 is 0 Å². The van der Waals surface area contributed by atoms with Crippen LogP contribution in [0.25, 0.3) is 0 Å². The highest BCUT2D eigenvalue weighted by molar-refractivity contribution is 5.51. The Kier molecular flexibility index (Phi) is 2.23. The van der Waals surface area contributed by atoms with Gasteiger partial charge in [-0.3, -0.25) is 4.57 Å². The molecule has 1 aromatic heterocycles. The molecule has 0 bridgehead atoms. The molecule has 1 aromatic rings. The first-order valence-corrected chi connectivity index (χ1v) is 6.08. The van der Waals surface area contributed by atoms with Gasteiger partial charge in [0.25, 0.3) is 0 Å². The van der Waals surface area contributed by atoms with Crippen molar-refractivity contribution in [2.24, 2.45) is 0 Å². The van der Waals surface area contributed by atoms with E-state index in [1.165, 1.54) is 4.57 Å². The number of ether oxygens (including phenoxy) is 1. The van der Waals surface area contributed by atoms with Crippen molar-refractivity contribution in [1.82, 2.24) is 4.57 Å². The van der Waals surface area contributed by atoms with Gasteiger partial charge < -0.3 is 14.9 Å². The maximum Gasteiger partial charge on any atom is 0.198 e. The molecule has 2 aliphatic rings. The Labute approximate surface area is 100 Å². The van der Waals surface area contributed by atoms with Crippen LogP contribution in [0.15, 0.2) is 12.7 Å². The fourth-order valence-corrected chi connectivity index (χ4v) is 3.03. The predicted molar refractivity (Wildman–Crippen MR) is 63.4 cm³/mol. The predicted octanol–water partition coefficient (Wildman–Crippen LogP) is 1.90. The van der Waals surface area contributed by atoms with Crippen molar-refractivity contribution in [3.63, 3.8) is 0 Å². The molecule has 3 atom stereocenters. The van der Waals surface area contributed by atoms with Gasteiger partial charge >= 0.3 is 0 Å². The van der Waals surface area contributed by atoms with Crippen LogP contribution >= 0.6 is 0 Å². The second-order valence-corrected chi connectivity index (χ2v) is 4.80. The van der Waals surface area contributed by atoms with Crippen molar-refractivity contribution in [2.45, 2.75) is 44.4 Å². The second kappa shape index (κ2) is 3.53.